The van der Waals surface area contributed by atoms with Crippen LogP contribution in [0.25, 0.3) is 10.4 Å². The molecule has 0 spiro atoms. The second-order valence-corrected chi connectivity index (χ2v) is 11.5. The smallest absolute Gasteiger partial charge is 0.256 e. The highest BCUT2D eigenvalue weighted by molar-refractivity contribution is 7.13. The van der Waals surface area contributed by atoms with E-state index in [2.05, 4.69) is 15.1 Å². The molecule has 1 fully saturated rings. The topological polar surface area (TPSA) is 118 Å². The van der Waals surface area contributed by atoms with Gasteiger partial charge < -0.3 is 19.3 Å². The summed E-state index contributed by atoms with van der Waals surface area (Å²) in [5.41, 5.74) is 4.52. The van der Waals surface area contributed by atoms with Crippen LogP contribution in [0.3, 0.4) is 0 Å². The quantitative estimate of drug-likeness (QED) is 0.482. The van der Waals surface area contributed by atoms with Gasteiger partial charge in [-0.1, -0.05) is 38.1 Å². The zero-order valence-corrected chi connectivity index (χ0v) is 23.0. The van der Waals surface area contributed by atoms with Crippen LogP contribution in [0, 0.1) is 12.8 Å². The monoisotopic (exact) mass is 536 g/mol. The number of methoxy groups -OCH3 is 1. The Morgan fingerprint density at radius 3 is 2.63 bits per heavy atom. The number of benzene rings is 1. The summed E-state index contributed by atoms with van der Waals surface area (Å²) in [7, 11) is 1.49. The molecule has 0 aliphatic carbocycles. The number of thiazole rings is 1. The van der Waals surface area contributed by atoms with Crippen LogP contribution in [-0.2, 0) is 15.0 Å². The number of carbonyl (C=O) groups is 2. The molecule has 2 aliphatic heterocycles. The van der Waals surface area contributed by atoms with Gasteiger partial charge >= 0.3 is 0 Å². The fourth-order valence-electron chi connectivity index (χ4n) is 5.52. The maximum absolute atomic E-state index is 13.8. The number of likely N-dealkylation sites (tertiary alicyclic amines) is 1. The molecule has 5 rings (SSSR count). The normalized spacial score (nSPS) is 24.2. The standard InChI is InChI=1S/C28H32N4O5S/c1-15(2)24(22-11-23(36-5)31-37-22)26(34)32-13-19(33)10-21(32)20-12-28(4,27(35)30-20)18-8-6-17(7-9-18)25-16(3)29-14-38-25/h6-9,11,14-15,19,21,24,33H,10,12-13H2,1-5H3/t19-,21-,24-,28-/m1/s1. The number of hydrogen-bond donors (Lipinski definition) is 1. The first-order chi connectivity index (χ1) is 18.1. The summed E-state index contributed by atoms with van der Waals surface area (Å²) >= 11 is 1.59. The molecular formula is C28H32N4O5S. The van der Waals surface area contributed by atoms with Crippen molar-refractivity contribution in [3.05, 3.63) is 52.9 Å². The summed E-state index contributed by atoms with van der Waals surface area (Å²) in [4.78, 5) is 38.7. The van der Waals surface area contributed by atoms with Crippen LogP contribution in [0.15, 0.2) is 45.4 Å². The van der Waals surface area contributed by atoms with E-state index >= 15 is 0 Å². The molecule has 0 saturated carbocycles. The van der Waals surface area contributed by atoms with Gasteiger partial charge in [-0.25, -0.2) is 9.98 Å². The lowest BCUT2D eigenvalue weighted by molar-refractivity contribution is -0.134. The van der Waals surface area contributed by atoms with Crippen molar-refractivity contribution in [2.75, 3.05) is 13.7 Å². The Morgan fingerprint density at radius 1 is 1.29 bits per heavy atom. The summed E-state index contributed by atoms with van der Waals surface area (Å²) in [6.45, 7) is 7.92. The van der Waals surface area contributed by atoms with Crippen LogP contribution in [-0.4, -0.2) is 63.5 Å². The lowest BCUT2D eigenvalue weighted by Gasteiger charge is -2.30. The molecule has 4 atom stereocenters. The minimum atomic E-state index is -0.839. The van der Waals surface area contributed by atoms with Gasteiger partial charge in [-0.15, -0.1) is 11.3 Å². The number of aliphatic hydroxyl groups excluding tert-OH is 1. The molecular weight excluding hydrogens is 504 g/mol. The summed E-state index contributed by atoms with van der Waals surface area (Å²) in [5, 5.41) is 14.4. The average molecular weight is 537 g/mol. The van der Waals surface area contributed by atoms with Gasteiger partial charge in [0.15, 0.2) is 5.76 Å². The summed E-state index contributed by atoms with van der Waals surface area (Å²) in [6, 6.07) is 9.14. The van der Waals surface area contributed by atoms with Gasteiger partial charge in [0, 0.05) is 31.2 Å². The Bertz CT molecular complexity index is 1380. The van der Waals surface area contributed by atoms with Crippen molar-refractivity contribution >= 4 is 28.9 Å². The average Bonchev–Trinajstić information content (AvgIpc) is 3.67. The molecule has 10 heteroatoms. The minimum absolute atomic E-state index is 0.0864. The van der Waals surface area contributed by atoms with Gasteiger partial charge in [-0.05, 0) is 36.0 Å². The van der Waals surface area contributed by atoms with Crippen molar-refractivity contribution in [1.82, 2.24) is 15.0 Å². The van der Waals surface area contributed by atoms with E-state index in [9.17, 15) is 14.7 Å². The van der Waals surface area contributed by atoms with E-state index in [1.807, 2.05) is 57.5 Å². The third kappa shape index (κ3) is 4.56. The highest BCUT2D eigenvalue weighted by Crippen LogP contribution is 2.40. The van der Waals surface area contributed by atoms with E-state index in [4.69, 9.17) is 9.26 Å². The number of carbonyl (C=O) groups excluding carboxylic acids is 2. The molecule has 1 N–H and O–H groups in total. The van der Waals surface area contributed by atoms with E-state index in [1.165, 1.54) is 7.11 Å². The molecule has 0 unspecified atom stereocenters. The maximum Gasteiger partial charge on any atom is 0.256 e. The predicted molar refractivity (Wildman–Crippen MR) is 143 cm³/mol. The zero-order valence-electron chi connectivity index (χ0n) is 22.2. The number of aryl methyl sites for hydroxylation is 1. The Balaban J connectivity index is 1.39. The third-order valence-corrected chi connectivity index (χ3v) is 8.66. The van der Waals surface area contributed by atoms with Crippen molar-refractivity contribution in [2.24, 2.45) is 10.9 Å². The SMILES string of the molecule is COc1cc([C@H](C(=O)N2C[C@H](O)C[C@@H]2C2=NC(=O)[C@@](C)(c3ccc(-c4scnc4C)cc3)C2)C(C)C)on1. The van der Waals surface area contributed by atoms with Crippen LogP contribution in [0.5, 0.6) is 5.88 Å². The molecule has 2 amide bonds. The first-order valence-corrected chi connectivity index (χ1v) is 13.6. The summed E-state index contributed by atoms with van der Waals surface area (Å²) in [6.07, 6.45) is 0.0174. The first-order valence-electron chi connectivity index (χ1n) is 12.7. The molecule has 38 heavy (non-hydrogen) atoms. The molecule has 4 heterocycles. The van der Waals surface area contributed by atoms with Crippen LogP contribution < -0.4 is 4.74 Å². The Labute approximate surface area is 225 Å². The summed E-state index contributed by atoms with van der Waals surface area (Å²) < 4.78 is 10.6. The number of β-amino-alcohol motifs (C(OH)–C–C–N with tert-alkyl or cyclic N) is 1. The van der Waals surface area contributed by atoms with Crippen molar-refractivity contribution < 1.29 is 24.0 Å². The van der Waals surface area contributed by atoms with Crippen molar-refractivity contribution in [3.63, 3.8) is 0 Å². The van der Waals surface area contributed by atoms with E-state index < -0.39 is 23.5 Å². The van der Waals surface area contributed by atoms with Gasteiger partial charge in [0.25, 0.3) is 11.8 Å². The second kappa shape index (κ2) is 10.1. The summed E-state index contributed by atoms with van der Waals surface area (Å²) in [5.74, 6) is -0.401. The van der Waals surface area contributed by atoms with Gasteiger partial charge in [0.1, 0.15) is 5.92 Å². The van der Waals surface area contributed by atoms with Gasteiger partial charge in [0.2, 0.25) is 5.91 Å². The zero-order chi connectivity index (χ0) is 27.2. The number of aliphatic imine (C=N–C) groups is 1. The third-order valence-electron chi connectivity index (χ3n) is 7.68. The van der Waals surface area contributed by atoms with Crippen molar-refractivity contribution in [3.8, 4) is 16.3 Å². The van der Waals surface area contributed by atoms with E-state index in [1.54, 1.807) is 22.3 Å². The molecule has 9 nitrogen and oxygen atoms in total. The number of aromatic nitrogens is 2. The van der Waals surface area contributed by atoms with Crippen LogP contribution >= 0.6 is 11.3 Å². The fraction of sp³-hybridized carbons (Fsp3) is 0.464. The number of aliphatic hydroxyl groups is 1. The van der Waals surface area contributed by atoms with E-state index in [0.29, 0.717) is 30.2 Å². The largest absolute Gasteiger partial charge is 0.479 e. The predicted octanol–water partition coefficient (Wildman–Crippen LogP) is 4.15. The van der Waals surface area contributed by atoms with E-state index in [-0.39, 0.29) is 24.3 Å². The lowest BCUT2D eigenvalue weighted by Crippen LogP contribution is -2.44. The number of nitrogens with zero attached hydrogens (tertiary/aromatic N) is 4. The highest BCUT2D eigenvalue weighted by Gasteiger charge is 2.48. The highest BCUT2D eigenvalue weighted by atomic mass is 32.1. The van der Waals surface area contributed by atoms with Crippen molar-refractivity contribution in [1.29, 1.82) is 0 Å². The van der Waals surface area contributed by atoms with Gasteiger partial charge in [0.05, 0.1) is 40.8 Å². The lowest BCUT2D eigenvalue weighted by atomic mass is 9.78. The number of hydrogen-bond acceptors (Lipinski definition) is 8. The molecule has 2 aromatic heterocycles. The molecule has 200 valence electrons. The van der Waals surface area contributed by atoms with Gasteiger partial charge in [-0.2, -0.15) is 0 Å². The molecule has 1 saturated heterocycles. The second-order valence-electron chi connectivity index (χ2n) is 10.7. The molecule has 1 aromatic carbocycles. The molecule has 2 aliphatic rings. The Kier molecular flexibility index (Phi) is 6.96. The Morgan fingerprint density at radius 2 is 2.03 bits per heavy atom. The number of amides is 2. The first kappa shape index (κ1) is 26.2. The number of ether oxygens (including phenoxy) is 1. The molecule has 3 aromatic rings. The minimum Gasteiger partial charge on any atom is -0.479 e. The fourth-order valence-corrected chi connectivity index (χ4v) is 6.33. The van der Waals surface area contributed by atoms with Gasteiger partial charge in [-0.3, -0.25) is 9.59 Å². The molecule has 0 bridgehead atoms. The number of rotatable bonds is 7. The molecule has 0 radical (unpaired) electrons. The maximum atomic E-state index is 13.8. The van der Waals surface area contributed by atoms with Crippen LogP contribution in [0.4, 0.5) is 0 Å². The van der Waals surface area contributed by atoms with Crippen molar-refractivity contribution in [2.45, 2.75) is 64.0 Å². The van der Waals surface area contributed by atoms with Crippen LogP contribution in [0.1, 0.15) is 56.5 Å². The Hall–Kier alpha value is -3.37. The van der Waals surface area contributed by atoms with E-state index in [0.717, 1.165) is 21.7 Å². The van der Waals surface area contributed by atoms with Crippen LogP contribution in [0.2, 0.25) is 0 Å².